The Hall–Kier alpha value is -4.09. The van der Waals surface area contributed by atoms with E-state index in [4.69, 9.17) is 9.15 Å². The van der Waals surface area contributed by atoms with E-state index in [-0.39, 0.29) is 29.1 Å². The van der Waals surface area contributed by atoms with Crippen molar-refractivity contribution in [2.24, 2.45) is 5.92 Å². The van der Waals surface area contributed by atoms with E-state index in [0.29, 0.717) is 32.8 Å². The number of hydrogen-bond acceptors (Lipinski definition) is 8. The van der Waals surface area contributed by atoms with Crippen molar-refractivity contribution in [3.63, 3.8) is 0 Å². The predicted molar refractivity (Wildman–Crippen MR) is 148 cm³/mol. The molecule has 39 heavy (non-hydrogen) atoms. The number of thioether (sulfide) groups is 1. The number of anilines is 2. The number of thiazole rings is 1. The number of rotatable bonds is 6. The molecule has 3 atom stereocenters. The van der Waals surface area contributed by atoms with Gasteiger partial charge in [-0.1, -0.05) is 35.2 Å². The zero-order chi connectivity index (χ0) is 27.3. The van der Waals surface area contributed by atoms with Crippen LogP contribution in [0.4, 0.5) is 11.4 Å². The van der Waals surface area contributed by atoms with Crippen molar-refractivity contribution in [3.8, 4) is 5.75 Å². The van der Waals surface area contributed by atoms with Gasteiger partial charge in [0.2, 0.25) is 17.7 Å². The summed E-state index contributed by atoms with van der Waals surface area (Å²) in [6.45, 7) is 1.70. The number of furan rings is 1. The highest BCUT2D eigenvalue weighted by atomic mass is 32.2. The molecule has 1 saturated heterocycles. The van der Waals surface area contributed by atoms with Gasteiger partial charge in [0.25, 0.3) is 0 Å². The second-order valence-electron chi connectivity index (χ2n) is 9.31. The molecule has 198 valence electrons. The van der Waals surface area contributed by atoms with Crippen LogP contribution in [-0.2, 0) is 20.9 Å². The topological polar surface area (TPSA) is 111 Å². The number of amides is 3. The van der Waals surface area contributed by atoms with Crippen LogP contribution in [0.15, 0.2) is 81.2 Å². The zero-order valence-corrected chi connectivity index (χ0v) is 22.6. The lowest BCUT2D eigenvalue weighted by atomic mass is 9.87. The van der Waals surface area contributed by atoms with Crippen LogP contribution in [0.1, 0.15) is 22.1 Å². The number of methoxy groups -OCH3 is 1. The SMILES string of the molecule is COc1ccc(N2C(=O)[C@H]3[C@H](c4ccco4)c4sc(=O)n(CC(=O)Nc5cccc(C)c5)c4S[C@H]3C2=O)cc1. The minimum atomic E-state index is -0.790. The van der Waals surface area contributed by atoms with Gasteiger partial charge in [0, 0.05) is 5.69 Å². The van der Waals surface area contributed by atoms with E-state index >= 15 is 0 Å². The number of carbonyl (C=O) groups excluding carboxylic acids is 3. The predicted octanol–water partition coefficient (Wildman–Crippen LogP) is 4.25. The lowest BCUT2D eigenvalue weighted by molar-refractivity contribution is -0.122. The standard InChI is InChI=1S/C28H23N3O6S2/c1-15-5-3-6-16(13-15)29-20(32)14-30-27-24(39-28(30)35)21(19-7-4-12-37-19)22-23(38-27)26(34)31(25(22)33)17-8-10-18(36-2)11-9-17/h3-13,21-23H,14H2,1-2H3,(H,29,32)/t21-,22-,23+/m0/s1. The van der Waals surface area contributed by atoms with Gasteiger partial charge in [0.05, 0.1) is 40.8 Å². The number of aromatic nitrogens is 1. The largest absolute Gasteiger partial charge is 0.497 e. The molecule has 0 radical (unpaired) electrons. The van der Waals surface area contributed by atoms with Gasteiger partial charge < -0.3 is 14.5 Å². The molecule has 4 heterocycles. The molecule has 9 nitrogen and oxygen atoms in total. The van der Waals surface area contributed by atoms with Crippen LogP contribution in [0.5, 0.6) is 5.75 Å². The fourth-order valence-electron chi connectivity index (χ4n) is 5.08. The van der Waals surface area contributed by atoms with Gasteiger partial charge >= 0.3 is 4.87 Å². The maximum atomic E-state index is 13.8. The normalized spacial score (nSPS) is 20.1. The average molecular weight is 562 g/mol. The van der Waals surface area contributed by atoms with E-state index in [1.165, 1.54) is 15.7 Å². The first-order valence-electron chi connectivity index (χ1n) is 12.2. The van der Waals surface area contributed by atoms with Crippen LogP contribution in [0.2, 0.25) is 0 Å². The van der Waals surface area contributed by atoms with Crippen LogP contribution >= 0.6 is 23.1 Å². The molecule has 2 aliphatic heterocycles. The molecule has 0 saturated carbocycles. The summed E-state index contributed by atoms with van der Waals surface area (Å²) in [6, 6.07) is 17.5. The molecule has 11 heteroatoms. The minimum Gasteiger partial charge on any atom is -0.497 e. The summed E-state index contributed by atoms with van der Waals surface area (Å²) in [5.74, 6) is -1.42. The fourth-order valence-corrected chi connectivity index (χ4v) is 7.84. The summed E-state index contributed by atoms with van der Waals surface area (Å²) < 4.78 is 12.3. The van der Waals surface area contributed by atoms with Gasteiger partial charge in [-0.05, 0) is 61.0 Å². The molecule has 1 N–H and O–H groups in total. The van der Waals surface area contributed by atoms with Crippen molar-refractivity contribution in [1.82, 2.24) is 4.57 Å². The van der Waals surface area contributed by atoms with E-state index in [2.05, 4.69) is 5.32 Å². The third kappa shape index (κ3) is 4.37. The monoisotopic (exact) mass is 561 g/mol. The summed E-state index contributed by atoms with van der Waals surface area (Å²) in [4.78, 5) is 55.1. The molecule has 0 aliphatic carbocycles. The molecule has 6 rings (SSSR count). The number of ether oxygens (including phenoxy) is 1. The molecule has 2 aliphatic rings. The van der Waals surface area contributed by atoms with Gasteiger partial charge in [-0.15, -0.1) is 0 Å². The van der Waals surface area contributed by atoms with Crippen molar-refractivity contribution in [2.75, 3.05) is 17.3 Å². The van der Waals surface area contributed by atoms with Gasteiger partial charge in [0.1, 0.15) is 23.3 Å². The number of aryl methyl sites for hydroxylation is 1. The van der Waals surface area contributed by atoms with Gasteiger partial charge in [-0.3, -0.25) is 23.7 Å². The van der Waals surface area contributed by atoms with Gasteiger partial charge in [-0.2, -0.15) is 0 Å². The Morgan fingerprint density at radius 1 is 1.05 bits per heavy atom. The van der Waals surface area contributed by atoms with Crippen molar-refractivity contribution >= 4 is 52.2 Å². The lowest BCUT2D eigenvalue weighted by Gasteiger charge is -2.29. The molecular formula is C28H23N3O6S2. The first-order valence-corrected chi connectivity index (χ1v) is 13.9. The van der Waals surface area contributed by atoms with E-state index in [1.807, 2.05) is 25.1 Å². The number of nitrogens with zero attached hydrogens (tertiary/aromatic N) is 2. The number of fused-ring (bicyclic) bond motifs is 2. The zero-order valence-electron chi connectivity index (χ0n) is 21.0. The highest BCUT2D eigenvalue weighted by molar-refractivity contribution is 8.00. The van der Waals surface area contributed by atoms with E-state index in [1.54, 1.807) is 49.6 Å². The molecule has 3 amide bonds. The number of benzene rings is 2. The molecule has 4 aromatic rings. The summed E-state index contributed by atoms with van der Waals surface area (Å²) in [5, 5.41) is 2.55. The Bertz CT molecular complexity index is 1640. The maximum absolute atomic E-state index is 13.8. The maximum Gasteiger partial charge on any atom is 0.308 e. The van der Waals surface area contributed by atoms with E-state index < -0.39 is 17.1 Å². The van der Waals surface area contributed by atoms with Crippen LogP contribution in [-0.4, -0.2) is 34.6 Å². The first kappa shape index (κ1) is 25.2. The average Bonchev–Trinajstić information content (AvgIpc) is 3.62. The lowest BCUT2D eigenvalue weighted by Crippen LogP contribution is -2.32. The Labute approximate surface area is 231 Å². The number of carbonyl (C=O) groups is 3. The molecule has 0 unspecified atom stereocenters. The van der Waals surface area contributed by atoms with Gasteiger partial charge in [0.15, 0.2) is 0 Å². The Morgan fingerprint density at radius 2 is 1.85 bits per heavy atom. The van der Waals surface area contributed by atoms with E-state index in [9.17, 15) is 19.2 Å². The molecule has 0 bridgehead atoms. The third-order valence-corrected chi connectivity index (χ3v) is 9.44. The third-order valence-electron chi connectivity index (χ3n) is 6.83. The molecule has 2 aromatic carbocycles. The second-order valence-corrected chi connectivity index (χ2v) is 11.4. The van der Waals surface area contributed by atoms with Gasteiger partial charge in [-0.25, -0.2) is 4.90 Å². The summed E-state index contributed by atoms with van der Waals surface area (Å²) >= 11 is 2.14. The van der Waals surface area contributed by atoms with Crippen LogP contribution in [0, 0.1) is 12.8 Å². The molecule has 0 spiro atoms. The number of nitrogens with one attached hydrogen (secondary N) is 1. The smallest absolute Gasteiger partial charge is 0.308 e. The summed E-state index contributed by atoms with van der Waals surface area (Å²) in [7, 11) is 1.54. The van der Waals surface area contributed by atoms with Crippen LogP contribution in [0.25, 0.3) is 0 Å². The Kier molecular flexibility index (Phi) is 6.40. The Balaban J connectivity index is 1.37. The van der Waals surface area contributed by atoms with Crippen molar-refractivity contribution in [2.45, 2.75) is 29.7 Å². The number of hydrogen-bond donors (Lipinski definition) is 1. The van der Waals surface area contributed by atoms with Crippen molar-refractivity contribution < 1.29 is 23.5 Å². The van der Waals surface area contributed by atoms with Crippen molar-refractivity contribution in [1.29, 1.82) is 0 Å². The molecular weight excluding hydrogens is 538 g/mol. The van der Waals surface area contributed by atoms with Crippen molar-refractivity contribution in [3.05, 3.63) is 92.8 Å². The Morgan fingerprint density at radius 3 is 2.54 bits per heavy atom. The molecule has 1 fully saturated rings. The summed E-state index contributed by atoms with van der Waals surface area (Å²) in [5.41, 5.74) is 2.06. The van der Waals surface area contributed by atoms with Crippen LogP contribution < -0.4 is 19.8 Å². The fraction of sp³-hybridized carbons (Fsp3) is 0.214. The summed E-state index contributed by atoms with van der Waals surface area (Å²) in [6.07, 6.45) is 1.50. The highest BCUT2D eigenvalue weighted by Crippen LogP contribution is 2.54. The minimum absolute atomic E-state index is 0.224. The second kappa shape index (κ2) is 9.90. The molecule has 2 aromatic heterocycles. The quantitative estimate of drug-likeness (QED) is 0.350. The first-order chi connectivity index (χ1) is 18.9. The number of imide groups is 1. The van der Waals surface area contributed by atoms with E-state index in [0.717, 1.165) is 28.7 Å². The van der Waals surface area contributed by atoms with Crippen LogP contribution in [0.3, 0.4) is 0 Å². The highest BCUT2D eigenvalue weighted by Gasteiger charge is 2.57.